The van der Waals surface area contributed by atoms with Crippen LogP contribution in [0.15, 0.2) is 36.7 Å². The lowest BCUT2D eigenvalue weighted by atomic mass is 10.2. The fraction of sp³-hybridized carbons (Fsp3) is 0.182. The van der Waals surface area contributed by atoms with Crippen molar-refractivity contribution in [3.05, 3.63) is 36.7 Å². The van der Waals surface area contributed by atoms with Crippen LogP contribution in [0.3, 0.4) is 0 Å². The van der Waals surface area contributed by atoms with Crippen molar-refractivity contribution in [2.45, 2.75) is 0 Å². The van der Waals surface area contributed by atoms with E-state index < -0.39 is 0 Å². The molecule has 16 heavy (non-hydrogen) atoms. The topological polar surface area (TPSA) is 73.9 Å². The molecule has 0 aliphatic carbocycles. The first kappa shape index (κ1) is 10.5. The number of nitrogens with two attached hydrogens (primary N) is 1. The average molecular weight is 216 g/mol. The van der Waals surface area contributed by atoms with Gasteiger partial charge in [0.15, 0.2) is 0 Å². The van der Waals surface area contributed by atoms with Crippen molar-refractivity contribution in [3.63, 3.8) is 0 Å². The zero-order chi connectivity index (χ0) is 11.2. The van der Waals surface area contributed by atoms with Crippen molar-refractivity contribution in [1.29, 1.82) is 0 Å². The van der Waals surface area contributed by atoms with Gasteiger partial charge in [0.05, 0.1) is 5.69 Å². The van der Waals surface area contributed by atoms with Gasteiger partial charge in [0.25, 0.3) is 0 Å². The summed E-state index contributed by atoms with van der Waals surface area (Å²) < 4.78 is 5.24. The molecule has 82 valence electrons. The fourth-order valence-corrected chi connectivity index (χ4v) is 1.24. The van der Waals surface area contributed by atoms with Gasteiger partial charge >= 0.3 is 0 Å². The summed E-state index contributed by atoms with van der Waals surface area (Å²) in [6, 6.07) is 7.39. The highest BCUT2D eigenvalue weighted by Gasteiger charge is 2.00. The Morgan fingerprint density at radius 1 is 1.06 bits per heavy atom. The highest BCUT2D eigenvalue weighted by Crippen LogP contribution is 2.16. The third-order valence-electron chi connectivity index (χ3n) is 1.98. The Hall–Kier alpha value is -2.01. The average Bonchev–Trinajstić information content (AvgIpc) is 2.38. The summed E-state index contributed by atoms with van der Waals surface area (Å²) in [7, 11) is 0. The van der Waals surface area contributed by atoms with E-state index in [1.165, 1.54) is 0 Å². The molecule has 0 saturated carbocycles. The maximum atomic E-state index is 5.32. The number of hydrogen-bond donors (Lipinski definition) is 1. The minimum Gasteiger partial charge on any atom is -0.475 e. The van der Waals surface area contributed by atoms with E-state index in [1.807, 2.05) is 18.2 Å². The second kappa shape index (κ2) is 5.18. The summed E-state index contributed by atoms with van der Waals surface area (Å²) in [4.78, 5) is 3.94. The minimum absolute atomic E-state index is 0.448. The number of nitrogens with zero attached hydrogens (tertiary/aromatic N) is 3. The van der Waals surface area contributed by atoms with Gasteiger partial charge in [-0.15, -0.1) is 10.2 Å². The lowest BCUT2D eigenvalue weighted by Gasteiger charge is -2.03. The molecule has 2 rings (SSSR count). The summed E-state index contributed by atoms with van der Waals surface area (Å²) in [5.41, 5.74) is 7.09. The van der Waals surface area contributed by atoms with Crippen molar-refractivity contribution in [2.75, 3.05) is 13.2 Å². The summed E-state index contributed by atoms with van der Waals surface area (Å²) in [5.74, 6) is 0.489. The molecule has 2 N–H and O–H groups in total. The smallest absolute Gasteiger partial charge is 0.233 e. The highest BCUT2D eigenvalue weighted by atomic mass is 16.5. The Morgan fingerprint density at radius 3 is 2.50 bits per heavy atom. The van der Waals surface area contributed by atoms with Gasteiger partial charge in [-0.1, -0.05) is 0 Å². The normalized spacial score (nSPS) is 10.1. The first-order valence-electron chi connectivity index (χ1n) is 4.97. The maximum Gasteiger partial charge on any atom is 0.233 e. The third-order valence-corrected chi connectivity index (χ3v) is 1.98. The van der Waals surface area contributed by atoms with Gasteiger partial charge < -0.3 is 10.5 Å². The lowest BCUT2D eigenvalue weighted by molar-refractivity contribution is 0.312. The largest absolute Gasteiger partial charge is 0.475 e. The predicted molar refractivity (Wildman–Crippen MR) is 59.8 cm³/mol. The molecule has 0 aliphatic heterocycles. The molecule has 2 heterocycles. The van der Waals surface area contributed by atoms with E-state index in [0.29, 0.717) is 19.0 Å². The Bertz CT molecular complexity index is 429. The zero-order valence-electron chi connectivity index (χ0n) is 8.71. The molecule has 0 spiro atoms. The molecule has 0 aliphatic rings. The predicted octanol–water partition coefficient (Wildman–Crippen LogP) is 0.876. The van der Waals surface area contributed by atoms with Gasteiger partial charge in [0, 0.05) is 30.6 Å². The van der Waals surface area contributed by atoms with Crippen molar-refractivity contribution in [1.82, 2.24) is 15.2 Å². The molecule has 0 atom stereocenters. The van der Waals surface area contributed by atoms with E-state index in [9.17, 15) is 0 Å². The van der Waals surface area contributed by atoms with Gasteiger partial charge in [0.1, 0.15) is 6.61 Å². The molecule has 0 unspecified atom stereocenters. The standard InChI is InChI=1S/C11H12N4O/c12-5-8-16-11-2-1-10(14-15-11)9-3-6-13-7-4-9/h1-4,6-7H,5,8,12H2. The number of rotatable bonds is 4. The Kier molecular flexibility index (Phi) is 3.40. The van der Waals surface area contributed by atoms with Crippen LogP contribution in [0.2, 0.25) is 0 Å². The minimum atomic E-state index is 0.448. The van der Waals surface area contributed by atoms with Crippen molar-refractivity contribution < 1.29 is 4.74 Å². The molecule has 0 fully saturated rings. The van der Waals surface area contributed by atoms with Crippen LogP contribution in [0.5, 0.6) is 5.88 Å². The van der Waals surface area contributed by atoms with Crippen LogP contribution >= 0.6 is 0 Å². The van der Waals surface area contributed by atoms with Gasteiger partial charge in [0.2, 0.25) is 5.88 Å². The molecule has 0 aromatic carbocycles. The Morgan fingerprint density at radius 2 is 1.88 bits per heavy atom. The molecule has 0 radical (unpaired) electrons. The lowest BCUT2D eigenvalue weighted by Crippen LogP contribution is -2.11. The van der Waals surface area contributed by atoms with Crippen LogP contribution in [-0.2, 0) is 0 Å². The Balaban J connectivity index is 2.13. The van der Waals surface area contributed by atoms with Gasteiger partial charge in [-0.05, 0) is 18.2 Å². The molecule has 0 amide bonds. The zero-order valence-corrected chi connectivity index (χ0v) is 8.71. The second-order valence-corrected chi connectivity index (χ2v) is 3.13. The molecule has 5 nitrogen and oxygen atoms in total. The number of aromatic nitrogens is 3. The summed E-state index contributed by atoms with van der Waals surface area (Å²) >= 11 is 0. The summed E-state index contributed by atoms with van der Waals surface area (Å²) in [6.45, 7) is 0.914. The van der Waals surface area contributed by atoms with E-state index in [1.54, 1.807) is 18.5 Å². The Labute approximate surface area is 93.3 Å². The summed E-state index contributed by atoms with van der Waals surface area (Å²) in [5, 5.41) is 8.00. The van der Waals surface area contributed by atoms with E-state index in [4.69, 9.17) is 10.5 Å². The SMILES string of the molecule is NCCOc1ccc(-c2ccncc2)nn1. The first-order chi connectivity index (χ1) is 7.90. The molecule has 2 aromatic heterocycles. The molecule has 5 heteroatoms. The summed E-state index contributed by atoms with van der Waals surface area (Å²) in [6.07, 6.45) is 3.44. The maximum absolute atomic E-state index is 5.32. The second-order valence-electron chi connectivity index (χ2n) is 3.13. The first-order valence-corrected chi connectivity index (χ1v) is 4.97. The van der Waals surface area contributed by atoms with Crippen LogP contribution < -0.4 is 10.5 Å². The molecule has 0 saturated heterocycles. The van der Waals surface area contributed by atoms with Crippen LogP contribution in [0.25, 0.3) is 11.3 Å². The monoisotopic (exact) mass is 216 g/mol. The van der Waals surface area contributed by atoms with Gasteiger partial charge in [-0.25, -0.2) is 0 Å². The number of ether oxygens (including phenoxy) is 1. The molecular weight excluding hydrogens is 204 g/mol. The van der Waals surface area contributed by atoms with E-state index in [-0.39, 0.29) is 0 Å². The van der Waals surface area contributed by atoms with E-state index >= 15 is 0 Å². The third kappa shape index (κ3) is 2.52. The van der Waals surface area contributed by atoms with Gasteiger partial charge in [-0.2, -0.15) is 0 Å². The molecule has 0 bridgehead atoms. The number of pyridine rings is 1. The van der Waals surface area contributed by atoms with Crippen LogP contribution in [0.4, 0.5) is 0 Å². The van der Waals surface area contributed by atoms with Crippen molar-refractivity contribution in [2.24, 2.45) is 5.73 Å². The molecular formula is C11H12N4O. The van der Waals surface area contributed by atoms with Gasteiger partial charge in [-0.3, -0.25) is 4.98 Å². The van der Waals surface area contributed by atoms with Crippen LogP contribution in [-0.4, -0.2) is 28.3 Å². The highest BCUT2D eigenvalue weighted by molar-refractivity contribution is 5.57. The fourth-order valence-electron chi connectivity index (χ4n) is 1.24. The van der Waals surface area contributed by atoms with Crippen molar-refractivity contribution in [3.8, 4) is 17.1 Å². The van der Waals surface area contributed by atoms with Crippen LogP contribution in [0, 0.1) is 0 Å². The number of hydrogen-bond acceptors (Lipinski definition) is 5. The van der Waals surface area contributed by atoms with Crippen molar-refractivity contribution >= 4 is 0 Å². The van der Waals surface area contributed by atoms with E-state index in [2.05, 4.69) is 15.2 Å². The van der Waals surface area contributed by atoms with E-state index in [0.717, 1.165) is 11.3 Å². The van der Waals surface area contributed by atoms with Crippen LogP contribution in [0.1, 0.15) is 0 Å². The molecule has 2 aromatic rings. The quantitative estimate of drug-likeness (QED) is 0.821.